The fraction of sp³-hybridized carbons (Fsp3) is 0.783. The summed E-state index contributed by atoms with van der Waals surface area (Å²) in [6, 6.07) is -4.24. The van der Waals surface area contributed by atoms with Gasteiger partial charge in [0, 0.05) is 13.0 Å². The number of ether oxygens (including phenoxy) is 4. The van der Waals surface area contributed by atoms with Gasteiger partial charge in [0.15, 0.2) is 12.6 Å². The monoisotopic (exact) mass is 607 g/mol. The first-order chi connectivity index (χ1) is 20.2. The van der Waals surface area contributed by atoms with E-state index in [0.717, 1.165) is 0 Å². The van der Waals surface area contributed by atoms with Gasteiger partial charge in [-0.3, -0.25) is 24.0 Å². The first-order valence-electron chi connectivity index (χ1n) is 13.1. The number of amides is 5. The smallest absolute Gasteiger partial charge is 0.207 e. The fourth-order valence-electron chi connectivity index (χ4n) is 5.43. The van der Waals surface area contributed by atoms with Crippen LogP contribution in [0.15, 0.2) is 0 Å². The van der Waals surface area contributed by atoms with Crippen molar-refractivity contribution in [1.29, 1.82) is 0 Å². The number of aliphatic hydroxyl groups is 5. The van der Waals surface area contributed by atoms with Crippen LogP contribution in [0.3, 0.4) is 0 Å². The lowest BCUT2D eigenvalue weighted by molar-refractivity contribution is -0.318. The van der Waals surface area contributed by atoms with E-state index in [-0.39, 0.29) is 25.8 Å². The molecule has 14 atom stereocenters. The van der Waals surface area contributed by atoms with Crippen LogP contribution in [0.4, 0.5) is 0 Å². The molecule has 42 heavy (non-hydrogen) atoms. The van der Waals surface area contributed by atoms with Gasteiger partial charge >= 0.3 is 0 Å². The summed E-state index contributed by atoms with van der Waals surface area (Å²) in [7, 11) is 0. The lowest BCUT2D eigenvalue weighted by Gasteiger charge is -2.49. The Bertz CT molecular complexity index is 906. The second-order valence-electron chi connectivity index (χ2n) is 9.99. The van der Waals surface area contributed by atoms with Crippen molar-refractivity contribution >= 4 is 32.1 Å². The Morgan fingerprint density at radius 3 is 1.74 bits per heavy atom. The van der Waals surface area contributed by atoms with Crippen LogP contribution in [0.5, 0.6) is 0 Å². The van der Waals surface area contributed by atoms with Gasteiger partial charge < -0.3 is 71.1 Å². The van der Waals surface area contributed by atoms with Crippen molar-refractivity contribution in [3.8, 4) is 0 Å². The van der Waals surface area contributed by atoms with Gasteiger partial charge in [0.2, 0.25) is 32.1 Å². The van der Waals surface area contributed by atoms with Crippen LogP contribution in [0.2, 0.25) is 0 Å². The molecule has 19 nitrogen and oxygen atoms in total. The Morgan fingerprint density at radius 1 is 0.643 bits per heavy atom. The summed E-state index contributed by atoms with van der Waals surface area (Å²) in [6.45, 7) is -0.829. The lowest BCUT2D eigenvalue weighted by atomic mass is 9.83. The van der Waals surface area contributed by atoms with E-state index >= 15 is 0 Å². The van der Waals surface area contributed by atoms with Gasteiger partial charge in [-0.2, -0.15) is 0 Å². The number of hydrogen-bond acceptors (Lipinski definition) is 14. The number of carbonyl (C=O) groups is 5. The minimum Gasteiger partial charge on any atom is -0.394 e. The highest BCUT2D eigenvalue weighted by molar-refractivity contribution is 5.49. The zero-order chi connectivity index (χ0) is 30.8. The maximum Gasteiger partial charge on any atom is 0.207 e. The van der Waals surface area contributed by atoms with Gasteiger partial charge in [0.1, 0.15) is 42.7 Å². The molecular weight excluding hydrogens is 570 g/mol. The van der Waals surface area contributed by atoms with Crippen molar-refractivity contribution in [2.24, 2.45) is 0 Å². The molecule has 2 aliphatic heterocycles. The molecule has 0 bridgehead atoms. The maximum atomic E-state index is 11.5. The molecule has 238 valence electrons. The molecule has 19 heteroatoms. The van der Waals surface area contributed by atoms with Gasteiger partial charge in [-0.1, -0.05) is 0 Å². The standard InChI is InChI=1S/C23H37N5O14/c29-4-15-17(36)16(28-9-34)18(37)23(40-15)42-21-11(26-7-32)1-10(25-6-31)20(19(21)38)41-22-12(27-8-33)2-13(35)14(39-22)3-24-5-30/h5-23,29,35-38H,1-4H2,(H,24,30)(H,25,31)(H,26,32)(H,27,33)(H,28,34)/t10-,11+,12+,13-,14+,15+,16-,17+,18+,19-,20+,21-,22+,23+/m0/s1. The largest absolute Gasteiger partial charge is 0.394 e. The van der Waals surface area contributed by atoms with Crippen molar-refractivity contribution in [3.05, 3.63) is 0 Å². The minimum atomic E-state index is -1.70. The molecule has 3 fully saturated rings. The molecule has 3 aliphatic rings. The van der Waals surface area contributed by atoms with Gasteiger partial charge in [0.05, 0.1) is 36.9 Å². The van der Waals surface area contributed by atoms with Crippen LogP contribution in [0, 0.1) is 0 Å². The Hall–Kier alpha value is -3.01. The number of aliphatic hydroxyl groups excluding tert-OH is 5. The molecule has 0 aromatic heterocycles. The third-order valence-corrected chi connectivity index (χ3v) is 7.51. The van der Waals surface area contributed by atoms with Crippen LogP contribution < -0.4 is 26.6 Å². The van der Waals surface area contributed by atoms with E-state index in [1.54, 1.807) is 0 Å². The Labute approximate surface area is 239 Å². The third kappa shape index (κ3) is 7.68. The molecular formula is C23H37N5O14. The summed E-state index contributed by atoms with van der Waals surface area (Å²) in [5.74, 6) is 0. The van der Waals surface area contributed by atoms with Gasteiger partial charge in [0.25, 0.3) is 0 Å². The molecule has 1 aliphatic carbocycles. The molecule has 0 aromatic rings. The predicted molar refractivity (Wildman–Crippen MR) is 133 cm³/mol. The number of nitrogens with one attached hydrogen (secondary N) is 5. The summed E-state index contributed by atoms with van der Waals surface area (Å²) in [6.07, 6.45) is -12.5. The zero-order valence-corrected chi connectivity index (χ0v) is 22.2. The highest BCUT2D eigenvalue weighted by atomic mass is 16.7. The Morgan fingerprint density at radius 2 is 1.19 bits per heavy atom. The highest BCUT2D eigenvalue weighted by Gasteiger charge is 2.52. The molecule has 1 saturated carbocycles. The van der Waals surface area contributed by atoms with Crippen LogP contribution >= 0.6 is 0 Å². The van der Waals surface area contributed by atoms with Gasteiger partial charge in [-0.15, -0.1) is 0 Å². The Balaban J connectivity index is 1.88. The van der Waals surface area contributed by atoms with Crippen LogP contribution in [0.1, 0.15) is 12.8 Å². The highest BCUT2D eigenvalue weighted by Crippen LogP contribution is 2.32. The van der Waals surface area contributed by atoms with Crippen molar-refractivity contribution in [1.82, 2.24) is 26.6 Å². The van der Waals surface area contributed by atoms with E-state index in [4.69, 9.17) is 18.9 Å². The van der Waals surface area contributed by atoms with Crippen molar-refractivity contribution in [3.63, 3.8) is 0 Å². The average Bonchev–Trinajstić information content (AvgIpc) is 2.97. The van der Waals surface area contributed by atoms with Crippen molar-refractivity contribution in [2.75, 3.05) is 13.2 Å². The quantitative estimate of drug-likeness (QED) is 0.0730. The van der Waals surface area contributed by atoms with Crippen LogP contribution in [0.25, 0.3) is 0 Å². The SMILES string of the molecule is O=CNC[C@H]1O[C@H](O[C@H]2[C@H](O)[C@@H](O[C@H]3O[C@H](CO)[C@@H](O)[C@H](NC=O)[C@H]3O)[C@H](NC=O)C[C@@H]2NC=O)[C@H](NC=O)C[C@@H]1O. The summed E-state index contributed by atoms with van der Waals surface area (Å²) in [4.78, 5) is 55.9. The molecule has 2 heterocycles. The molecule has 10 N–H and O–H groups in total. The molecule has 3 rings (SSSR count). The number of rotatable bonds is 16. The van der Waals surface area contributed by atoms with E-state index in [1.807, 2.05) is 0 Å². The zero-order valence-electron chi connectivity index (χ0n) is 22.2. The second kappa shape index (κ2) is 16.0. The van der Waals surface area contributed by atoms with E-state index in [1.165, 1.54) is 0 Å². The molecule has 2 saturated heterocycles. The predicted octanol–water partition coefficient (Wildman–Crippen LogP) is -7.36. The maximum absolute atomic E-state index is 11.5. The summed E-state index contributed by atoms with van der Waals surface area (Å²) in [5.41, 5.74) is 0. The molecule has 0 unspecified atom stereocenters. The van der Waals surface area contributed by atoms with E-state index in [0.29, 0.717) is 25.6 Å². The van der Waals surface area contributed by atoms with Crippen molar-refractivity contribution < 1.29 is 68.5 Å². The van der Waals surface area contributed by atoms with Gasteiger partial charge in [-0.25, -0.2) is 0 Å². The second-order valence-corrected chi connectivity index (χ2v) is 9.99. The van der Waals surface area contributed by atoms with Crippen molar-refractivity contribution in [2.45, 2.75) is 98.4 Å². The third-order valence-electron chi connectivity index (χ3n) is 7.51. The van der Waals surface area contributed by atoms with Crippen LogP contribution in [-0.4, -0.2) is 156 Å². The van der Waals surface area contributed by atoms with Crippen LogP contribution in [-0.2, 0) is 42.9 Å². The first kappa shape index (κ1) is 33.5. The number of hydrogen-bond donors (Lipinski definition) is 10. The number of carbonyl (C=O) groups excluding carboxylic acids is 5. The Kier molecular flexibility index (Phi) is 12.8. The van der Waals surface area contributed by atoms with Gasteiger partial charge in [-0.05, 0) is 6.42 Å². The molecule has 0 spiro atoms. The lowest BCUT2D eigenvalue weighted by Crippen LogP contribution is -2.69. The topological polar surface area (TPSA) is 284 Å². The summed E-state index contributed by atoms with van der Waals surface area (Å²) < 4.78 is 23.2. The van der Waals surface area contributed by atoms with E-state index in [9.17, 15) is 49.5 Å². The molecule has 0 aromatic carbocycles. The normalized spacial score (nSPS) is 41.9. The molecule has 5 amide bonds. The first-order valence-corrected chi connectivity index (χ1v) is 13.1. The average molecular weight is 608 g/mol. The van der Waals surface area contributed by atoms with E-state index in [2.05, 4.69) is 26.6 Å². The molecule has 0 radical (unpaired) electrons. The fourth-order valence-corrected chi connectivity index (χ4v) is 5.43. The summed E-state index contributed by atoms with van der Waals surface area (Å²) in [5, 5.41) is 64.6. The summed E-state index contributed by atoms with van der Waals surface area (Å²) >= 11 is 0. The minimum absolute atomic E-state index is 0.0590. The van der Waals surface area contributed by atoms with E-state index < -0.39 is 92.2 Å².